The van der Waals surface area contributed by atoms with E-state index < -0.39 is 11.3 Å². The van der Waals surface area contributed by atoms with Gasteiger partial charge in [0.05, 0.1) is 17.0 Å². The van der Waals surface area contributed by atoms with Gasteiger partial charge in [-0.2, -0.15) is 0 Å². The summed E-state index contributed by atoms with van der Waals surface area (Å²) in [6, 6.07) is 7.50. The molecule has 1 saturated heterocycles. The number of ether oxygens (including phenoxy) is 1. The number of aromatic nitrogens is 1. The van der Waals surface area contributed by atoms with Crippen molar-refractivity contribution in [2.24, 2.45) is 5.73 Å². The van der Waals surface area contributed by atoms with Crippen LogP contribution in [0.1, 0.15) is 15.5 Å². The quantitative estimate of drug-likeness (QED) is 0.899. The van der Waals surface area contributed by atoms with E-state index in [1.54, 1.807) is 7.11 Å². The van der Waals surface area contributed by atoms with Gasteiger partial charge in [-0.15, -0.1) is 23.1 Å². The number of primary amides is 1. The molecule has 0 spiro atoms. The molecule has 1 aliphatic heterocycles. The van der Waals surface area contributed by atoms with E-state index >= 15 is 0 Å². The van der Waals surface area contributed by atoms with Gasteiger partial charge in [0.2, 0.25) is 0 Å². The maximum atomic E-state index is 12.9. The smallest absolute Gasteiger partial charge is 0.275 e. The molecule has 6 nitrogen and oxygen atoms in total. The maximum Gasteiger partial charge on any atom is 0.275 e. The van der Waals surface area contributed by atoms with Crippen LogP contribution in [0.5, 0.6) is 5.75 Å². The highest BCUT2D eigenvalue weighted by atomic mass is 32.2. The van der Waals surface area contributed by atoms with Crippen molar-refractivity contribution in [1.82, 2.24) is 9.88 Å². The first-order chi connectivity index (χ1) is 11.5. The molecular formula is C16H17N3O3S2. The molecule has 1 unspecified atom stereocenters. The number of rotatable bonds is 4. The number of methoxy groups -OCH3 is 1. The highest BCUT2D eigenvalue weighted by Gasteiger charge is 2.36. The fourth-order valence-electron chi connectivity index (χ4n) is 2.58. The molecule has 24 heavy (non-hydrogen) atoms. The van der Waals surface area contributed by atoms with E-state index in [0.29, 0.717) is 23.7 Å². The number of thiazole rings is 1. The van der Waals surface area contributed by atoms with Gasteiger partial charge >= 0.3 is 0 Å². The molecule has 1 fully saturated rings. The summed E-state index contributed by atoms with van der Waals surface area (Å²) in [4.78, 5) is 31.2. The van der Waals surface area contributed by atoms with E-state index in [1.165, 1.54) is 28.0 Å². The normalized spacial score (nSPS) is 17.1. The third-order valence-corrected chi connectivity index (χ3v) is 5.90. The van der Waals surface area contributed by atoms with Crippen LogP contribution in [0, 0.1) is 6.92 Å². The monoisotopic (exact) mass is 363 g/mol. The third kappa shape index (κ3) is 3.11. The molecule has 2 amide bonds. The van der Waals surface area contributed by atoms with Crippen molar-refractivity contribution >= 4 is 34.9 Å². The Morgan fingerprint density at radius 3 is 2.92 bits per heavy atom. The molecule has 1 aromatic heterocycles. The van der Waals surface area contributed by atoms with Crippen LogP contribution >= 0.6 is 23.1 Å². The molecule has 1 aliphatic rings. The fourth-order valence-corrected chi connectivity index (χ4v) is 4.56. The van der Waals surface area contributed by atoms with Gasteiger partial charge in [-0.25, -0.2) is 4.98 Å². The molecule has 0 bridgehead atoms. The van der Waals surface area contributed by atoms with E-state index in [2.05, 4.69) is 4.98 Å². The summed E-state index contributed by atoms with van der Waals surface area (Å²) in [5, 5.41) is 0.163. The Balaban J connectivity index is 2.00. The summed E-state index contributed by atoms with van der Waals surface area (Å²) in [5.41, 5.74) is 6.64. The molecule has 2 heterocycles. The number of hydrogen-bond donors (Lipinski definition) is 1. The predicted octanol–water partition coefficient (Wildman–Crippen LogP) is 2.13. The summed E-state index contributed by atoms with van der Waals surface area (Å²) in [5.74, 6) is 0.645. The number of aryl methyl sites for hydroxylation is 1. The summed E-state index contributed by atoms with van der Waals surface area (Å²) in [6.45, 7) is 2.35. The van der Waals surface area contributed by atoms with E-state index in [1.807, 2.05) is 31.2 Å². The van der Waals surface area contributed by atoms with Crippen LogP contribution in [-0.4, -0.2) is 46.5 Å². The highest BCUT2D eigenvalue weighted by molar-refractivity contribution is 8.00. The van der Waals surface area contributed by atoms with Gasteiger partial charge in [0.1, 0.15) is 11.4 Å². The van der Waals surface area contributed by atoms with E-state index in [-0.39, 0.29) is 5.91 Å². The lowest BCUT2D eigenvalue weighted by molar-refractivity contribution is -0.119. The highest BCUT2D eigenvalue weighted by Crippen LogP contribution is 2.34. The number of amides is 2. The molecule has 2 aromatic rings. The Bertz CT molecular complexity index is 791. The molecule has 3 rings (SSSR count). The van der Waals surface area contributed by atoms with Crippen molar-refractivity contribution in [1.29, 1.82) is 0 Å². The van der Waals surface area contributed by atoms with Gasteiger partial charge in [-0.1, -0.05) is 12.1 Å². The lowest BCUT2D eigenvalue weighted by Gasteiger charge is -2.20. The second kappa shape index (κ2) is 6.82. The van der Waals surface area contributed by atoms with Gasteiger partial charge in [-0.05, 0) is 24.6 Å². The van der Waals surface area contributed by atoms with Crippen LogP contribution in [0.3, 0.4) is 0 Å². The van der Waals surface area contributed by atoms with Crippen molar-refractivity contribution in [2.75, 3.05) is 19.4 Å². The topological polar surface area (TPSA) is 85.5 Å². The number of thioether (sulfide) groups is 1. The maximum absolute atomic E-state index is 12.9. The van der Waals surface area contributed by atoms with Crippen LogP contribution in [0.4, 0.5) is 0 Å². The molecule has 0 saturated carbocycles. The Morgan fingerprint density at radius 2 is 2.21 bits per heavy atom. The van der Waals surface area contributed by atoms with Crippen molar-refractivity contribution in [3.63, 3.8) is 0 Å². The molecule has 0 radical (unpaired) electrons. The van der Waals surface area contributed by atoms with Crippen LogP contribution in [-0.2, 0) is 4.79 Å². The molecule has 2 N–H and O–H groups in total. The van der Waals surface area contributed by atoms with E-state index in [9.17, 15) is 9.59 Å². The summed E-state index contributed by atoms with van der Waals surface area (Å²) >= 11 is 2.83. The minimum absolute atomic E-state index is 0.258. The van der Waals surface area contributed by atoms with Gasteiger partial charge in [0.25, 0.3) is 11.8 Å². The van der Waals surface area contributed by atoms with E-state index in [0.717, 1.165) is 15.4 Å². The van der Waals surface area contributed by atoms with Crippen LogP contribution in [0.15, 0.2) is 24.3 Å². The van der Waals surface area contributed by atoms with Crippen molar-refractivity contribution in [2.45, 2.75) is 12.3 Å². The first-order valence-corrected chi connectivity index (χ1v) is 9.21. The first-order valence-electron chi connectivity index (χ1n) is 7.35. The molecule has 126 valence electrons. The van der Waals surface area contributed by atoms with Crippen molar-refractivity contribution in [3.8, 4) is 16.2 Å². The zero-order valence-electron chi connectivity index (χ0n) is 13.3. The van der Waals surface area contributed by atoms with Gasteiger partial charge < -0.3 is 15.4 Å². The predicted molar refractivity (Wildman–Crippen MR) is 95.3 cm³/mol. The van der Waals surface area contributed by atoms with Crippen LogP contribution in [0.2, 0.25) is 0 Å². The number of nitrogens with zero attached hydrogens (tertiary/aromatic N) is 2. The van der Waals surface area contributed by atoms with Crippen LogP contribution < -0.4 is 10.5 Å². The lowest BCUT2D eigenvalue weighted by Crippen LogP contribution is -2.42. The Morgan fingerprint density at radius 1 is 1.42 bits per heavy atom. The lowest BCUT2D eigenvalue weighted by atomic mass is 10.1. The second-order valence-electron chi connectivity index (χ2n) is 5.27. The number of nitrogens with two attached hydrogens (primary N) is 1. The molecule has 1 aromatic carbocycles. The zero-order valence-corrected chi connectivity index (χ0v) is 14.9. The Kier molecular flexibility index (Phi) is 4.77. The third-order valence-electron chi connectivity index (χ3n) is 3.66. The largest absolute Gasteiger partial charge is 0.497 e. The Labute approximate surface area is 148 Å². The molecule has 8 heteroatoms. The fraction of sp³-hybridized carbons (Fsp3) is 0.312. The number of hydrogen-bond acceptors (Lipinski definition) is 6. The van der Waals surface area contributed by atoms with Gasteiger partial charge in [-0.3, -0.25) is 9.59 Å². The average molecular weight is 363 g/mol. The molecule has 0 aliphatic carbocycles. The SMILES string of the molecule is COc1cccc(-c2sc(C)nc2C(=O)N2CCSC2C(N)=O)c1. The van der Waals surface area contributed by atoms with Crippen molar-refractivity contribution < 1.29 is 14.3 Å². The van der Waals surface area contributed by atoms with E-state index in [4.69, 9.17) is 10.5 Å². The van der Waals surface area contributed by atoms with Crippen LogP contribution in [0.25, 0.3) is 10.4 Å². The number of benzene rings is 1. The number of carbonyl (C=O) groups excluding carboxylic acids is 2. The first kappa shape index (κ1) is 16.8. The minimum atomic E-state index is -0.627. The minimum Gasteiger partial charge on any atom is -0.497 e. The number of carbonyl (C=O) groups is 2. The van der Waals surface area contributed by atoms with Gasteiger partial charge in [0, 0.05) is 12.3 Å². The van der Waals surface area contributed by atoms with Crippen molar-refractivity contribution in [3.05, 3.63) is 35.0 Å². The van der Waals surface area contributed by atoms with Gasteiger partial charge in [0.15, 0.2) is 5.37 Å². The molecule has 1 atom stereocenters. The Hall–Kier alpha value is -2.06. The second-order valence-corrected chi connectivity index (χ2v) is 7.66. The zero-order chi connectivity index (χ0) is 17.3. The standard InChI is InChI=1S/C16H17N3O3S2/c1-9-18-12(15(21)19-6-7-23-16(19)14(17)20)13(24-9)10-4-3-5-11(8-10)22-2/h3-5,8,16H,6-7H2,1-2H3,(H2,17,20). The average Bonchev–Trinajstić information content (AvgIpc) is 3.21. The summed E-state index contributed by atoms with van der Waals surface area (Å²) in [7, 11) is 1.60. The molecular weight excluding hydrogens is 346 g/mol. The summed E-state index contributed by atoms with van der Waals surface area (Å²) in [6.07, 6.45) is 0. The summed E-state index contributed by atoms with van der Waals surface area (Å²) < 4.78 is 5.26.